The average Bonchev–Trinajstić information content (AvgIpc) is 2.33. The highest BCUT2D eigenvalue weighted by Gasteiger charge is 2.21. The Hall–Kier alpha value is -0.580. The van der Waals surface area contributed by atoms with Gasteiger partial charge in [-0.3, -0.25) is 4.90 Å². The molecule has 0 bridgehead atoms. The normalized spacial score (nSPS) is 21.4. The second-order valence-electron chi connectivity index (χ2n) is 5.34. The maximum atomic E-state index is 6.07. The lowest BCUT2D eigenvalue weighted by atomic mass is 10.0. The van der Waals surface area contributed by atoms with E-state index in [1.807, 2.05) is 6.07 Å². The van der Waals surface area contributed by atoms with Gasteiger partial charge in [-0.25, -0.2) is 0 Å². The number of hydrogen-bond donors (Lipinski definition) is 1. The zero-order valence-electron chi connectivity index (χ0n) is 11.2. The van der Waals surface area contributed by atoms with E-state index >= 15 is 0 Å². The molecule has 2 N–H and O–H groups in total. The molecule has 1 aromatic carbocycles. The van der Waals surface area contributed by atoms with Crippen molar-refractivity contribution in [2.45, 2.75) is 25.4 Å². The summed E-state index contributed by atoms with van der Waals surface area (Å²) in [6, 6.07) is 6.86. The van der Waals surface area contributed by atoms with E-state index in [-0.39, 0.29) is 0 Å². The van der Waals surface area contributed by atoms with Crippen LogP contribution in [-0.4, -0.2) is 43.0 Å². The smallest absolute Gasteiger partial charge is 0.0371 e. The summed E-state index contributed by atoms with van der Waals surface area (Å²) in [7, 11) is 4.34. The van der Waals surface area contributed by atoms with Gasteiger partial charge < -0.3 is 10.6 Å². The fourth-order valence-electron chi connectivity index (χ4n) is 2.55. The molecule has 0 radical (unpaired) electrons. The summed E-state index contributed by atoms with van der Waals surface area (Å²) in [5.41, 5.74) is 8.19. The van der Waals surface area contributed by atoms with Gasteiger partial charge in [0.2, 0.25) is 0 Å². The third kappa shape index (κ3) is 3.46. The lowest BCUT2D eigenvalue weighted by Gasteiger charge is -2.36. The van der Waals surface area contributed by atoms with E-state index in [1.165, 1.54) is 24.9 Å². The fraction of sp³-hybridized carbons (Fsp3) is 0.571. The number of nitrogens with zero attached hydrogens (tertiary/aromatic N) is 2. The Bertz CT molecular complexity index is 406. The highest BCUT2D eigenvalue weighted by Crippen LogP contribution is 2.22. The molecule has 100 valence electrons. The van der Waals surface area contributed by atoms with Crippen molar-refractivity contribution in [2.24, 2.45) is 0 Å². The van der Waals surface area contributed by atoms with Crippen LogP contribution in [0.25, 0.3) is 0 Å². The first-order chi connectivity index (χ1) is 8.56. The summed E-state index contributed by atoms with van der Waals surface area (Å²) < 4.78 is 1.05. The summed E-state index contributed by atoms with van der Waals surface area (Å²) in [5.74, 6) is 0. The SMILES string of the molecule is CN(C)C1CCCN(Cc2ccc(Br)cc2N)C1. The van der Waals surface area contributed by atoms with Crippen molar-refractivity contribution >= 4 is 21.6 Å². The molecule has 1 aromatic rings. The lowest BCUT2D eigenvalue weighted by Crippen LogP contribution is -2.44. The number of anilines is 1. The summed E-state index contributed by atoms with van der Waals surface area (Å²) in [6.45, 7) is 3.28. The first-order valence-electron chi connectivity index (χ1n) is 6.49. The van der Waals surface area contributed by atoms with Crippen LogP contribution in [0.3, 0.4) is 0 Å². The first kappa shape index (κ1) is 13.8. The Kier molecular flexibility index (Phi) is 4.65. The van der Waals surface area contributed by atoms with Gasteiger partial charge in [0.1, 0.15) is 0 Å². The molecule has 1 saturated heterocycles. The minimum atomic E-state index is 0.676. The van der Waals surface area contributed by atoms with Crippen molar-refractivity contribution in [2.75, 3.05) is 32.9 Å². The number of piperidine rings is 1. The number of likely N-dealkylation sites (N-methyl/N-ethyl adjacent to an activating group) is 1. The Morgan fingerprint density at radius 2 is 2.22 bits per heavy atom. The van der Waals surface area contributed by atoms with Crippen LogP contribution in [0.2, 0.25) is 0 Å². The number of nitrogens with two attached hydrogens (primary N) is 1. The minimum Gasteiger partial charge on any atom is -0.398 e. The van der Waals surface area contributed by atoms with Crippen molar-refractivity contribution < 1.29 is 0 Å². The van der Waals surface area contributed by atoms with Crippen molar-refractivity contribution in [1.29, 1.82) is 0 Å². The van der Waals surface area contributed by atoms with Crippen molar-refractivity contribution in [3.63, 3.8) is 0 Å². The standard InChI is InChI=1S/C14H22BrN3/c1-17(2)13-4-3-7-18(10-13)9-11-5-6-12(15)8-14(11)16/h5-6,8,13H,3-4,7,9-10,16H2,1-2H3. The number of rotatable bonds is 3. The Morgan fingerprint density at radius 1 is 1.44 bits per heavy atom. The van der Waals surface area contributed by atoms with Gasteiger partial charge in [0.25, 0.3) is 0 Å². The summed E-state index contributed by atoms with van der Waals surface area (Å²) in [6.07, 6.45) is 2.58. The van der Waals surface area contributed by atoms with Crippen LogP contribution in [0.5, 0.6) is 0 Å². The van der Waals surface area contributed by atoms with Crippen LogP contribution >= 0.6 is 15.9 Å². The van der Waals surface area contributed by atoms with Gasteiger partial charge in [-0.15, -0.1) is 0 Å². The van der Waals surface area contributed by atoms with Crippen molar-refractivity contribution in [3.8, 4) is 0 Å². The molecule has 0 amide bonds. The zero-order valence-corrected chi connectivity index (χ0v) is 12.8. The van der Waals surface area contributed by atoms with Gasteiger partial charge in [-0.05, 0) is 51.2 Å². The largest absolute Gasteiger partial charge is 0.398 e. The molecule has 18 heavy (non-hydrogen) atoms. The molecule has 4 heteroatoms. The van der Waals surface area contributed by atoms with Crippen LogP contribution in [0.15, 0.2) is 22.7 Å². The first-order valence-corrected chi connectivity index (χ1v) is 7.28. The molecule has 2 rings (SSSR count). The van der Waals surface area contributed by atoms with E-state index in [2.05, 4.69) is 52.0 Å². The van der Waals surface area contributed by atoms with Crippen molar-refractivity contribution in [1.82, 2.24) is 9.80 Å². The molecule has 1 heterocycles. The second kappa shape index (κ2) is 6.04. The molecular formula is C14H22BrN3. The lowest BCUT2D eigenvalue weighted by molar-refractivity contribution is 0.128. The van der Waals surface area contributed by atoms with Gasteiger partial charge in [0.15, 0.2) is 0 Å². The van der Waals surface area contributed by atoms with Gasteiger partial charge >= 0.3 is 0 Å². The quantitative estimate of drug-likeness (QED) is 0.871. The molecule has 1 fully saturated rings. The topological polar surface area (TPSA) is 32.5 Å². The molecule has 0 spiro atoms. The number of nitrogen functional groups attached to an aromatic ring is 1. The maximum absolute atomic E-state index is 6.07. The third-order valence-electron chi connectivity index (χ3n) is 3.71. The van der Waals surface area contributed by atoms with Gasteiger partial charge in [-0.2, -0.15) is 0 Å². The summed E-state index contributed by atoms with van der Waals surface area (Å²) in [4.78, 5) is 4.84. The highest BCUT2D eigenvalue weighted by molar-refractivity contribution is 9.10. The Morgan fingerprint density at radius 3 is 2.89 bits per heavy atom. The van der Waals surface area contributed by atoms with E-state index in [9.17, 15) is 0 Å². The minimum absolute atomic E-state index is 0.676. The molecule has 1 aliphatic rings. The van der Waals surface area contributed by atoms with Crippen molar-refractivity contribution in [3.05, 3.63) is 28.2 Å². The summed E-state index contributed by atoms with van der Waals surface area (Å²) >= 11 is 3.45. The van der Waals surface area contributed by atoms with E-state index in [0.29, 0.717) is 6.04 Å². The zero-order chi connectivity index (χ0) is 13.1. The van der Waals surface area contributed by atoms with Gasteiger partial charge in [0, 0.05) is 29.3 Å². The molecule has 1 aliphatic heterocycles. The third-order valence-corrected chi connectivity index (χ3v) is 4.21. The summed E-state index contributed by atoms with van der Waals surface area (Å²) in [5, 5.41) is 0. The van der Waals surface area contributed by atoms with Gasteiger partial charge in [-0.1, -0.05) is 22.0 Å². The molecule has 1 atom stereocenters. The molecular weight excluding hydrogens is 290 g/mol. The Balaban J connectivity index is 2.00. The molecule has 3 nitrogen and oxygen atoms in total. The van der Waals surface area contributed by atoms with Crippen LogP contribution in [0.1, 0.15) is 18.4 Å². The predicted molar refractivity (Wildman–Crippen MR) is 80.5 cm³/mol. The Labute approximate surface area is 118 Å². The van der Waals surface area contributed by atoms with Crippen LogP contribution in [0.4, 0.5) is 5.69 Å². The molecule has 0 aliphatic carbocycles. The second-order valence-corrected chi connectivity index (χ2v) is 6.25. The molecule has 0 saturated carbocycles. The highest BCUT2D eigenvalue weighted by atomic mass is 79.9. The molecule has 1 unspecified atom stereocenters. The van der Waals surface area contributed by atoms with Crippen LogP contribution < -0.4 is 5.73 Å². The molecule has 0 aromatic heterocycles. The van der Waals surface area contributed by atoms with E-state index in [0.717, 1.165) is 23.2 Å². The predicted octanol–water partition coefficient (Wildman–Crippen LogP) is 2.56. The average molecular weight is 312 g/mol. The number of likely N-dealkylation sites (tertiary alicyclic amines) is 1. The number of hydrogen-bond acceptors (Lipinski definition) is 3. The fourth-order valence-corrected chi connectivity index (χ4v) is 2.93. The van der Waals surface area contributed by atoms with Crippen LogP contribution in [-0.2, 0) is 6.54 Å². The van der Waals surface area contributed by atoms with Gasteiger partial charge in [0.05, 0.1) is 0 Å². The monoisotopic (exact) mass is 311 g/mol. The number of halogens is 1. The van der Waals surface area contributed by atoms with E-state index in [1.54, 1.807) is 0 Å². The maximum Gasteiger partial charge on any atom is 0.0371 e. The van der Waals surface area contributed by atoms with Crippen LogP contribution in [0, 0.1) is 0 Å². The van der Waals surface area contributed by atoms with E-state index in [4.69, 9.17) is 5.73 Å². The number of benzene rings is 1. The van der Waals surface area contributed by atoms with E-state index < -0.39 is 0 Å².